The van der Waals surface area contributed by atoms with E-state index in [1.807, 2.05) is 30.3 Å². The highest BCUT2D eigenvalue weighted by Gasteiger charge is 2.62. The minimum atomic E-state index is -3.58. The number of nitrogens with one attached hydrogen (secondary N) is 1. The molecule has 144 valence electrons. The Kier molecular flexibility index (Phi) is 6.15. The predicted octanol–water partition coefficient (Wildman–Crippen LogP) is 2.50. The van der Waals surface area contributed by atoms with Crippen molar-refractivity contribution in [2.75, 3.05) is 26.4 Å². The molecule has 2 fully saturated rings. The molecule has 1 unspecified atom stereocenters. The SMILES string of the molecule is CCOP(=O)(OCC)[C@@]12CCOCC1OC(=O)[C@H](Cc1ccccc1)N2. The van der Waals surface area contributed by atoms with Crippen molar-refractivity contribution in [3.05, 3.63) is 35.9 Å². The fraction of sp³-hybridized carbons (Fsp3) is 0.611. The molecule has 2 aliphatic rings. The van der Waals surface area contributed by atoms with Crippen molar-refractivity contribution in [2.45, 2.75) is 44.1 Å². The zero-order chi connectivity index (χ0) is 18.6. The summed E-state index contributed by atoms with van der Waals surface area (Å²) in [5.74, 6) is -0.375. The number of esters is 1. The normalized spacial score (nSPS) is 29.1. The monoisotopic (exact) mass is 383 g/mol. The van der Waals surface area contributed by atoms with Crippen molar-refractivity contribution in [1.82, 2.24) is 5.32 Å². The Morgan fingerprint density at radius 2 is 1.92 bits per heavy atom. The van der Waals surface area contributed by atoms with E-state index in [2.05, 4.69) is 5.32 Å². The summed E-state index contributed by atoms with van der Waals surface area (Å²) in [4.78, 5) is 12.5. The fourth-order valence-electron chi connectivity index (χ4n) is 3.58. The van der Waals surface area contributed by atoms with E-state index < -0.39 is 25.0 Å². The van der Waals surface area contributed by atoms with Gasteiger partial charge in [0.05, 0.1) is 19.8 Å². The standard InChI is InChI=1S/C18H26NO6P/c1-3-23-26(21,24-4-2)18-10-11-22-13-16(18)25-17(20)15(19-18)12-14-8-6-5-7-9-14/h5-9,15-16,19H,3-4,10-13H2,1-2H3/t15-,16?,18-/m0/s1. The maximum absolute atomic E-state index is 13.7. The van der Waals surface area contributed by atoms with E-state index in [9.17, 15) is 9.36 Å². The van der Waals surface area contributed by atoms with Crippen LogP contribution in [0.1, 0.15) is 25.8 Å². The third-order valence-corrected chi connectivity index (χ3v) is 7.58. The van der Waals surface area contributed by atoms with Gasteiger partial charge in [0.25, 0.3) is 0 Å². The number of fused-ring (bicyclic) bond motifs is 1. The van der Waals surface area contributed by atoms with Crippen LogP contribution in [0.25, 0.3) is 0 Å². The van der Waals surface area contributed by atoms with Crippen molar-refractivity contribution >= 4 is 13.6 Å². The summed E-state index contributed by atoms with van der Waals surface area (Å²) in [7, 11) is -3.58. The third-order valence-electron chi connectivity index (χ3n) is 4.77. The van der Waals surface area contributed by atoms with Crippen LogP contribution in [-0.2, 0) is 34.3 Å². The fourth-order valence-corrected chi connectivity index (χ4v) is 5.95. The van der Waals surface area contributed by atoms with Gasteiger partial charge in [-0.15, -0.1) is 0 Å². The average Bonchev–Trinajstić information content (AvgIpc) is 2.63. The number of morpholine rings is 1. The van der Waals surface area contributed by atoms with Crippen molar-refractivity contribution in [3.63, 3.8) is 0 Å². The quantitative estimate of drug-likeness (QED) is 0.572. The average molecular weight is 383 g/mol. The molecule has 2 saturated heterocycles. The van der Waals surface area contributed by atoms with Crippen molar-refractivity contribution in [2.24, 2.45) is 0 Å². The number of benzene rings is 1. The molecule has 26 heavy (non-hydrogen) atoms. The summed E-state index contributed by atoms with van der Waals surface area (Å²) in [6, 6.07) is 9.03. The van der Waals surface area contributed by atoms with Crippen LogP contribution in [0.15, 0.2) is 30.3 Å². The second-order valence-corrected chi connectivity index (χ2v) is 8.70. The highest BCUT2D eigenvalue weighted by molar-refractivity contribution is 7.55. The van der Waals surface area contributed by atoms with Gasteiger partial charge >= 0.3 is 13.6 Å². The lowest BCUT2D eigenvalue weighted by Crippen LogP contribution is -2.69. The van der Waals surface area contributed by atoms with E-state index in [0.717, 1.165) is 5.56 Å². The zero-order valence-corrected chi connectivity index (χ0v) is 16.1. The van der Waals surface area contributed by atoms with Gasteiger partial charge in [0, 0.05) is 13.0 Å². The summed E-state index contributed by atoms with van der Waals surface area (Å²) < 4.78 is 36.1. The number of hydrogen-bond donors (Lipinski definition) is 1. The van der Waals surface area contributed by atoms with Gasteiger partial charge in [0.2, 0.25) is 0 Å². The molecule has 1 aromatic rings. The van der Waals surface area contributed by atoms with Crippen LogP contribution in [0.4, 0.5) is 0 Å². The highest BCUT2D eigenvalue weighted by atomic mass is 31.2. The van der Waals surface area contributed by atoms with Crippen LogP contribution in [0.3, 0.4) is 0 Å². The minimum Gasteiger partial charge on any atom is -0.456 e. The summed E-state index contributed by atoms with van der Waals surface area (Å²) in [5, 5.41) is 2.22. The van der Waals surface area contributed by atoms with Gasteiger partial charge in [-0.05, 0) is 25.8 Å². The summed E-state index contributed by atoms with van der Waals surface area (Å²) >= 11 is 0. The van der Waals surface area contributed by atoms with Crippen LogP contribution in [0, 0.1) is 0 Å². The summed E-state index contributed by atoms with van der Waals surface area (Å²) in [5.41, 5.74) is 0.991. The molecule has 2 heterocycles. The molecule has 0 spiro atoms. The first kappa shape index (κ1) is 19.5. The molecule has 0 aliphatic carbocycles. The first-order chi connectivity index (χ1) is 12.5. The largest absolute Gasteiger partial charge is 0.456 e. The molecule has 3 rings (SSSR count). The van der Waals surface area contributed by atoms with Gasteiger partial charge in [-0.3, -0.25) is 14.7 Å². The number of ether oxygens (including phenoxy) is 2. The van der Waals surface area contributed by atoms with E-state index in [1.54, 1.807) is 13.8 Å². The topological polar surface area (TPSA) is 83.1 Å². The summed E-state index contributed by atoms with van der Waals surface area (Å²) in [6.07, 6.45) is 0.112. The second-order valence-electron chi connectivity index (χ2n) is 6.39. The van der Waals surface area contributed by atoms with Gasteiger partial charge in [0.15, 0.2) is 11.4 Å². The van der Waals surface area contributed by atoms with Crippen molar-refractivity contribution in [1.29, 1.82) is 0 Å². The van der Waals surface area contributed by atoms with Crippen molar-refractivity contribution in [3.8, 4) is 0 Å². The van der Waals surface area contributed by atoms with E-state index >= 15 is 0 Å². The molecular formula is C18H26NO6P. The van der Waals surface area contributed by atoms with Crippen LogP contribution < -0.4 is 5.32 Å². The molecular weight excluding hydrogens is 357 g/mol. The number of rotatable bonds is 7. The summed E-state index contributed by atoms with van der Waals surface area (Å²) in [6.45, 7) is 4.58. The lowest BCUT2D eigenvalue weighted by Gasteiger charge is -2.50. The Labute approximate surface area is 153 Å². The molecule has 7 nitrogen and oxygen atoms in total. The Hall–Kier alpha value is -1.24. The van der Waals surface area contributed by atoms with Crippen LogP contribution in [-0.4, -0.2) is 49.8 Å². The smallest absolute Gasteiger partial charge is 0.354 e. The second kappa shape index (κ2) is 8.19. The number of carbonyl (C=O) groups is 1. The van der Waals surface area contributed by atoms with Crippen LogP contribution in [0.2, 0.25) is 0 Å². The van der Waals surface area contributed by atoms with E-state index in [0.29, 0.717) is 19.4 Å². The van der Waals surface area contributed by atoms with Gasteiger partial charge < -0.3 is 18.5 Å². The Balaban J connectivity index is 1.93. The van der Waals surface area contributed by atoms with Crippen molar-refractivity contribution < 1.29 is 27.9 Å². The molecule has 0 radical (unpaired) electrons. The number of carbonyl (C=O) groups excluding carboxylic acids is 1. The van der Waals surface area contributed by atoms with Gasteiger partial charge in [-0.2, -0.15) is 0 Å². The third kappa shape index (κ3) is 3.59. The van der Waals surface area contributed by atoms with Crippen LogP contribution >= 0.6 is 7.60 Å². The van der Waals surface area contributed by atoms with Gasteiger partial charge in [-0.25, -0.2) is 0 Å². The predicted molar refractivity (Wildman–Crippen MR) is 96.0 cm³/mol. The maximum atomic E-state index is 13.7. The molecule has 0 aromatic heterocycles. The molecule has 3 atom stereocenters. The Morgan fingerprint density at radius 3 is 2.58 bits per heavy atom. The Morgan fingerprint density at radius 1 is 1.23 bits per heavy atom. The molecule has 0 bridgehead atoms. The van der Waals surface area contributed by atoms with E-state index in [4.69, 9.17) is 18.5 Å². The first-order valence-electron chi connectivity index (χ1n) is 9.03. The molecule has 1 aromatic carbocycles. The van der Waals surface area contributed by atoms with E-state index in [1.165, 1.54) is 0 Å². The molecule has 1 N–H and O–H groups in total. The van der Waals surface area contributed by atoms with Gasteiger partial charge in [-0.1, -0.05) is 30.3 Å². The lowest BCUT2D eigenvalue weighted by atomic mass is 9.97. The molecule has 2 aliphatic heterocycles. The van der Waals surface area contributed by atoms with Crippen LogP contribution in [0.5, 0.6) is 0 Å². The van der Waals surface area contributed by atoms with Gasteiger partial charge in [0.1, 0.15) is 6.04 Å². The number of hydrogen-bond acceptors (Lipinski definition) is 7. The molecule has 0 saturated carbocycles. The lowest BCUT2D eigenvalue weighted by molar-refractivity contribution is -0.175. The first-order valence-corrected chi connectivity index (χ1v) is 10.6. The molecule has 8 heteroatoms. The Bertz CT molecular complexity index is 659. The molecule has 0 amide bonds. The van der Waals surface area contributed by atoms with E-state index in [-0.39, 0.29) is 25.8 Å². The highest BCUT2D eigenvalue weighted by Crippen LogP contribution is 2.63. The minimum absolute atomic E-state index is 0.168. The maximum Gasteiger partial charge on any atom is 0.354 e. The zero-order valence-electron chi connectivity index (χ0n) is 15.2.